The number of H-pyrrole nitrogens is 1. The predicted molar refractivity (Wildman–Crippen MR) is 111 cm³/mol. The summed E-state index contributed by atoms with van der Waals surface area (Å²) >= 11 is 0. The van der Waals surface area contributed by atoms with E-state index in [1.807, 2.05) is 0 Å². The first-order valence-electron chi connectivity index (χ1n) is 8.93. The molecule has 0 amide bonds. The molecule has 0 radical (unpaired) electrons. The van der Waals surface area contributed by atoms with E-state index in [2.05, 4.69) is 94.3 Å². The van der Waals surface area contributed by atoms with Gasteiger partial charge in [-0.05, 0) is 35.7 Å². The second kappa shape index (κ2) is 8.43. The lowest BCUT2D eigenvalue weighted by atomic mass is 10.1. The summed E-state index contributed by atoms with van der Waals surface area (Å²) in [5.41, 5.74) is 4.94. The minimum absolute atomic E-state index is 0.744. The van der Waals surface area contributed by atoms with E-state index >= 15 is 0 Å². The second-order valence-electron chi connectivity index (χ2n) is 6.53. The molecule has 0 saturated carbocycles. The van der Waals surface area contributed by atoms with Crippen LogP contribution in [0.2, 0.25) is 0 Å². The van der Waals surface area contributed by atoms with Crippen molar-refractivity contribution in [2.45, 2.75) is 13.0 Å². The number of rotatable bonds is 6. The number of anilines is 1. The Bertz CT molecular complexity index is 879. The fraction of sp³-hybridized carbons (Fsp3) is 0.286. The van der Waals surface area contributed by atoms with Crippen molar-refractivity contribution in [3.8, 4) is 0 Å². The first-order valence-corrected chi connectivity index (χ1v) is 8.93. The Morgan fingerprint density at radius 1 is 1.08 bits per heavy atom. The number of nitrogens with one attached hydrogen (secondary N) is 3. The highest BCUT2D eigenvalue weighted by atomic mass is 15.2. The Balaban J connectivity index is 1.51. The van der Waals surface area contributed by atoms with Crippen molar-refractivity contribution in [3.05, 3.63) is 65.9 Å². The Morgan fingerprint density at radius 3 is 2.73 bits per heavy atom. The molecule has 0 fully saturated rings. The SMILES string of the molecule is CN=C(NCCc1c[nH]c2ccccc12)NCc1cccc(N(C)C)c1. The Labute approximate surface area is 155 Å². The largest absolute Gasteiger partial charge is 0.378 e. The molecule has 5 heteroatoms. The van der Waals surface area contributed by atoms with Gasteiger partial charge in [0.05, 0.1) is 0 Å². The molecule has 0 spiro atoms. The summed E-state index contributed by atoms with van der Waals surface area (Å²) < 4.78 is 0. The van der Waals surface area contributed by atoms with Crippen molar-refractivity contribution in [1.29, 1.82) is 0 Å². The molecule has 3 N–H and O–H groups in total. The molecule has 5 nitrogen and oxygen atoms in total. The topological polar surface area (TPSA) is 55.5 Å². The number of benzene rings is 2. The van der Waals surface area contributed by atoms with Gasteiger partial charge in [0.1, 0.15) is 0 Å². The van der Waals surface area contributed by atoms with Gasteiger partial charge in [0.25, 0.3) is 0 Å². The molecule has 3 aromatic rings. The van der Waals surface area contributed by atoms with Gasteiger partial charge in [-0.25, -0.2) is 0 Å². The lowest BCUT2D eigenvalue weighted by molar-refractivity contribution is 0.796. The lowest BCUT2D eigenvalue weighted by Gasteiger charge is -2.15. The van der Waals surface area contributed by atoms with Crippen LogP contribution in [0, 0.1) is 0 Å². The monoisotopic (exact) mass is 349 g/mol. The van der Waals surface area contributed by atoms with Gasteiger partial charge in [-0.3, -0.25) is 4.99 Å². The zero-order valence-corrected chi connectivity index (χ0v) is 15.7. The number of aromatic nitrogens is 1. The quantitative estimate of drug-likeness (QED) is 0.473. The van der Waals surface area contributed by atoms with Crippen LogP contribution in [0.15, 0.2) is 59.7 Å². The minimum atomic E-state index is 0.744. The standard InChI is InChI=1S/C21H27N5/c1-22-21(25-14-16-7-6-8-18(13-16)26(2)3)23-12-11-17-15-24-20-10-5-4-9-19(17)20/h4-10,13,15,24H,11-12,14H2,1-3H3,(H2,22,23,25). The van der Waals surface area contributed by atoms with E-state index in [1.165, 1.54) is 27.7 Å². The van der Waals surface area contributed by atoms with E-state index in [0.717, 1.165) is 25.5 Å². The third-order valence-electron chi connectivity index (χ3n) is 4.47. The fourth-order valence-electron chi connectivity index (χ4n) is 3.01. The van der Waals surface area contributed by atoms with Crippen LogP contribution >= 0.6 is 0 Å². The van der Waals surface area contributed by atoms with E-state index in [9.17, 15) is 0 Å². The summed E-state index contributed by atoms with van der Waals surface area (Å²) in [6.07, 6.45) is 3.04. The number of hydrogen-bond acceptors (Lipinski definition) is 2. The average Bonchev–Trinajstić information content (AvgIpc) is 3.08. The number of guanidine groups is 1. The number of aliphatic imine (C=N–C) groups is 1. The Kier molecular flexibility index (Phi) is 5.79. The average molecular weight is 349 g/mol. The maximum atomic E-state index is 4.32. The second-order valence-corrected chi connectivity index (χ2v) is 6.53. The van der Waals surface area contributed by atoms with Gasteiger partial charge < -0.3 is 20.5 Å². The highest BCUT2D eigenvalue weighted by Gasteiger charge is 2.04. The summed E-state index contributed by atoms with van der Waals surface area (Å²) in [5, 5.41) is 8.07. The molecule has 0 aliphatic carbocycles. The molecular weight excluding hydrogens is 322 g/mol. The van der Waals surface area contributed by atoms with Crippen LogP contribution < -0.4 is 15.5 Å². The molecule has 26 heavy (non-hydrogen) atoms. The van der Waals surface area contributed by atoms with Gasteiger partial charge >= 0.3 is 0 Å². The van der Waals surface area contributed by atoms with E-state index in [1.54, 1.807) is 7.05 Å². The number of nitrogens with zero attached hydrogens (tertiary/aromatic N) is 2. The van der Waals surface area contributed by atoms with Crippen LogP contribution in [0.4, 0.5) is 5.69 Å². The molecule has 1 heterocycles. The highest BCUT2D eigenvalue weighted by molar-refractivity contribution is 5.83. The molecule has 0 saturated heterocycles. The van der Waals surface area contributed by atoms with Gasteiger partial charge in [0, 0.05) is 57.0 Å². The Morgan fingerprint density at radius 2 is 1.92 bits per heavy atom. The van der Waals surface area contributed by atoms with Crippen molar-refractivity contribution in [3.63, 3.8) is 0 Å². The molecule has 0 atom stereocenters. The normalized spacial score (nSPS) is 11.6. The summed E-state index contributed by atoms with van der Waals surface area (Å²) in [4.78, 5) is 9.75. The number of para-hydroxylation sites is 1. The summed E-state index contributed by atoms with van der Waals surface area (Å²) in [6.45, 7) is 1.58. The van der Waals surface area contributed by atoms with Crippen molar-refractivity contribution in [1.82, 2.24) is 15.6 Å². The first-order chi connectivity index (χ1) is 12.7. The van der Waals surface area contributed by atoms with Crippen molar-refractivity contribution >= 4 is 22.5 Å². The zero-order chi connectivity index (χ0) is 18.4. The summed E-state index contributed by atoms with van der Waals surface area (Å²) in [6, 6.07) is 16.9. The molecule has 0 bridgehead atoms. The smallest absolute Gasteiger partial charge is 0.191 e. The number of hydrogen-bond donors (Lipinski definition) is 3. The van der Waals surface area contributed by atoms with Gasteiger partial charge in [-0.2, -0.15) is 0 Å². The predicted octanol–water partition coefficient (Wildman–Crippen LogP) is 3.14. The molecule has 0 aliphatic heterocycles. The van der Waals surface area contributed by atoms with Crippen LogP contribution in [0.1, 0.15) is 11.1 Å². The van der Waals surface area contributed by atoms with E-state index < -0.39 is 0 Å². The molecular formula is C21H27N5. The Hall–Kier alpha value is -2.95. The van der Waals surface area contributed by atoms with E-state index in [0.29, 0.717) is 0 Å². The van der Waals surface area contributed by atoms with Gasteiger partial charge in [-0.1, -0.05) is 30.3 Å². The van der Waals surface area contributed by atoms with Crippen LogP contribution in [0.3, 0.4) is 0 Å². The summed E-state index contributed by atoms with van der Waals surface area (Å²) in [7, 11) is 5.91. The third-order valence-corrected chi connectivity index (χ3v) is 4.47. The van der Waals surface area contributed by atoms with E-state index in [-0.39, 0.29) is 0 Å². The van der Waals surface area contributed by atoms with Gasteiger partial charge in [0.2, 0.25) is 0 Å². The lowest BCUT2D eigenvalue weighted by Crippen LogP contribution is -2.37. The highest BCUT2D eigenvalue weighted by Crippen LogP contribution is 2.17. The summed E-state index contributed by atoms with van der Waals surface area (Å²) in [5.74, 6) is 0.820. The molecule has 2 aromatic carbocycles. The fourth-order valence-corrected chi connectivity index (χ4v) is 3.01. The minimum Gasteiger partial charge on any atom is -0.378 e. The van der Waals surface area contributed by atoms with Gasteiger partial charge in [0.15, 0.2) is 5.96 Å². The zero-order valence-electron chi connectivity index (χ0n) is 15.7. The van der Waals surface area contributed by atoms with Crippen LogP contribution in [-0.2, 0) is 13.0 Å². The van der Waals surface area contributed by atoms with Crippen molar-refractivity contribution in [2.75, 3.05) is 32.6 Å². The number of fused-ring (bicyclic) bond motifs is 1. The molecule has 0 aliphatic rings. The maximum absolute atomic E-state index is 4.32. The van der Waals surface area contributed by atoms with Crippen molar-refractivity contribution in [2.24, 2.45) is 4.99 Å². The van der Waals surface area contributed by atoms with Crippen LogP contribution in [0.25, 0.3) is 10.9 Å². The van der Waals surface area contributed by atoms with Gasteiger partial charge in [-0.15, -0.1) is 0 Å². The maximum Gasteiger partial charge on any atom is 0.191 e. The van der Waals surface area contributed by atoms with Crippen LogP contribution in [-0.4, -0.2) is 38.6 Å². The van der Waals surface area contributed by atoms with Crippen molar-refractivity contribution < 1.29 is 0 Å². The molecule has 0 unspecified atom stereocenters. The number of aromatic amines is 1. The third kappa shape index (κ3) is 4.36. The molecule has 3 rings (SSSR count). The van der Waals surface area contributed by atoms with E-state index in [4.69, 9.17) is 0 Å². The molecule has 1 aromatic heterocycles. The first kappa shape index (κ1) is 17.9. The molecule has 136 valence electrons. The van der Waals surface area contributed by atoms with Crippen LogP contribution in [0.5, 0.6) is 0 Å².